The third-order valence-corrected chi connectivity index (χ3v) is 5.12. The Hall–Kier alpha value is -3.61. The van der Waals surface area contributed by atoms with Crippen LogP contribution in [0.5, 0.6) is 5.75 Å². The highest BCUT2D eigenvalue weighted by molar-refractivity contribution is 5.95. The number of hydrogen-bond acceptors (Lipinski definition) is 4. The zero-order valence-corrected chi connectivity index (χ0v) is 19.0. The average molecular weight is 452 g/mol. The lowest BCUT2D eigenvalue weighted by Gasteiger charge is -2.28. The number of aliphatic carboxylic acids is 1. The molecule has 0 unspecified atom stereocenters. The SMILES string of the molecule is [2H]C([2H])(c1ccccc1OCCCCCC(=O)O)N(C(=O)c1ccc(-c2cn[nH]c2)cc1)C(C)C. The van der Waals surface area contributed by atoms with E-state index in [0.29, 0.717) is 37.2 Å². The van der Waals surface area contributed by atoms with Gasteiger partial charge in [0.15, 0.2) is 0 Å². The maximum atomic E-state index is 13.5. The Morgan fingerprint density at radius 3 is 2.52 bits per heavy atom. The number of H-pyrrole nitrogens is 1. The van der Waals surface area contributed by atoms with E-state index in [0.717, 1.165) is 11.1 Å². The van der Waals surface area contributed by atoms with Crippen LogP contribution >= 0.6 is 0 Å². The van der Waals surface area contributed by atoms with Crippen molar-refractivity contribution in [3.63, 3.8) is 0 Å². The van der Waals surface area contributed by atoms with Crippen LogP contribution in [0.1, 0.15) is 58.2 Å². The van der Waals surface area contributed by atoms with Gasteiger partial charge >= 0.3 is 5.97 Å². The number of rotatable bonds is 12. The molecule has 0 fully saturated rings. The van der Waals surface area contributed by atoms with Crippen molar-refractivity contribution in [2.45, 2.75) is 52.1 Å². The molecular weight excluding hydrogens is 418 g/mol. The second kappa shape index (κ2) is 11.9. The van der Waals surface area contributed by atoms with Gasteiger partial charge in [0.1, 0.15) is 5.75 Å². The number of amides is 1. The Kier molecular flexibility index (Phi) is 7.63. The summed E-state index contributed by atoms with van der Waals surface area (Å²) in [6, 6.07) is 13.4. The van der Waals surface area contributed by atoms with Crippen LogP contribution in [-0.2, 0) is 11.3 Å². The molecule has 0 spiro atoms. The van der Waals surface area contributed by atoms with E-state index in [1.165, 1.54) is 4.90 Å². The second-order valence-electron chi connectivity index (χ2n) is 7.99. The number of carboxylic acid groups (broad SMARTS) is 1. The maximum absolute atomic E-state index is 13.5. The molecule has 1 aromatic heterocycles. The smallest absolute Gasteiger partial charge is 0.303 e. The first-order chi connectivity index (χ1) is 16.7. The van der Waals surface area contributed by atoms with Crippen LogP contribution in [0, 0.1) is 0 Å². The number of ether oxygens (including phenoxy) is 1. The molecule has 0 radical (unpaired) electrons. The van der Waals surface area contributed by atoms with Gasteiger partial charge in [-0.05, 0) is 56.9 Å². The molecule has 174 valence electrons. The molecule has 1 heterocycles. The van der Waals surface area contributed by atoms with Crippen LogP contribution in [0.4, 0.5) is 0 Å². The summed E-state index contributed by atoms with van der Waals surface area (Å²) in [7, 11) is 0. The van der Waals surface area contributed by atoms with Crippen molar-refractivity contribution in [1.82, 2.24) is 15.1 Å². The molecule has 1 amide bonds. The van der Waals surface area contributed by atoms with Gasteiger partial charge in [-0.3, -0.25) is 14.7 Å². The topological polar surface area (TPSA) is 95.5 Å². The van der Waals surface area contributed by atoms with Crippen LogP contribution < -0.4 is 4.74 Å². The molecule has 0 aliphatic heterocycles. The van der Waals surface area contributed by atoms with Gasteiger partial charge in [0.25, 0.3) is 5.91 Å². The number of para-hydroxylation sites is 1. The predicted molar refractivity (Wildman–Crippen MR) is 127 cm³/mol. The monoisotopic (exact) mass is 451 g/mol. The second-order valence-corrected chi connectivity index (χ2v) is 7.99. The van der Waals surface area contributed by atoms with E-state index in [2.05, 4.69) is 10.2 Å². The lowest BCUT2D eigenvalue weighted by Crippen LogP contribution is -2.36. The number of carboxylic acids is 1. The highest BCUT2D eigenvalue weighted by Crippen LogP contribution is 2.24. The maximum Gasteiger partial charge on any atom is 0.303 e. The van der Waals surface area contributed by atoms with Crippen molar-refractivity contribution < 1.29 is 22.2 Å². The number of carbonyl (C=O) groups is 2. The number of hydrogen-bond donors (Lipinski definition) is 2. The lowest BCUT2D eigenvalue weighted by atomic mass is 10.1. The van der Waals surface area contributed by atoms with Gasteiger partial charge < -0.3 is 14.7 Å². The number of aromatic nitrogens is 2. The zero-order valence-electron chi connectivity index (χ0n) is 21.0. The van der Waals surface area contributed by atoms with Gasteiger partial charge in [-0.15, -0.1) is 0 Å². The van der Waals surface area contributed by atoms with Gasteiger partial charge in [-0.2, -0.15) is 5.10 Å². The summed E-state index contributed by atoms with van der Waals surface area (Å²) < 4.78 is 23.7. The van der Waals surface area contributed by atoms with Crippen molar-refractivity contribution in [2.75, 3.05) is 6.61 Å². The molecule has 2 N–H and O–H groups in total. The van der Waals surface area contributed by atoms with Crippen LogP contribution in [0.3, 0.4) is 0 Å². The summed E-state index contributed by atoms with van der Waals surface area (Å²) in [6.07, 6.45) is 5.50. The molecule has 0 bridgehead atoms. The minimum Gasteiger partial charge on any atom is -0.493 e. The number of aromatic amines is 1. The Balaban J connectivity index is 1.78. The van der Waals surface area contributed by atoms with Crippen molar-refractivity contribution in [2.24, 2.45) is 0 Å². The van der Waals surface area contributed by atoms with Crippen LogP contribution in [0.2, 0.25) is 0 Å². The van der Waals surface area contributed by atoms with Gasteiger partial charge in [0.05, 0.1) is 15.5 Å². The van der Waals surface area contributed by atoms with Crippen molar-refractivity contribution in [3.05, 3.63) is 72.1 Å². The summed E-state index contributed by atoms with van der Waals surface area (Å²) in [4.78, 5) is 25.4. The third kappa shape index (κ3) is 6.94. The summed E-state index contributed by atoms with van der Waals surface area (Å²) in [5.74, 6) is -0.879. The highest BCUT2D eigenvalue weighted by Gasteiger charge is 2.21. The molecule has 3 rings (SSSR count). The molecule has 33 heavy (non-hydrogen) atoms. The van der Waals surface area contributed by atoms with E-state index in [1.54, 1.807) is 62.6 Å². The molecular formula is C26H31N3O4. The standard InChI is InChI=1S/C26H31N3O4/c1-19(2)29(26(32)21-13-11-20(12-14-21)23-16-27-28-17-23)18-22-8-5-6-9-24(22)33-15-7-3-4-10-25(30)31/h5-6,8-9,11-14,16-17,19H,3-4,7,10,15,18H2,1-2H3,(H,27,28)(H,30,31)/i18D2. The molecule has 7 nitrogen and oxygen atoms in total. The lowest BCUT2D eigenvalue weighted by molar-refractivity contribution is -0.137. The minimum absolute atomic E-state index is 0.119. The largest absolute Gasteiger partial charge is 0.493 e. The molecule has 0 atom stereocenters. The van der Waals surface area contributed by atoms with E-state index in [1.807, 2.05) is 12.1 Å². The Morgan fingerprint density at radius 1 is 1.09 bits per heavy atom. The fourth-order valence-electron chi connectivity index (χ4n) is 3.32. The summed E-state index contributed by atoms with van der Waals surface area (Å²) in [5, 5.41) is 15.4. The van der Waals surface area contributed by atoms with Crippen LogP contribution in [0.15, 0.2) is 60.9 Å². The molecule has 2 aromatic carbocycles. The Labute approximate surface area is 197 Å². The predicted octanol–water partition coefficient (Wildman–Crippen LogP) is 5.15. The van der Waals surface area contributed by atoms with Gasteiger partial charge in [-0.25, -0.2) is 0 Å². The van der Waals surface area contributed by atoms with Crippen molar-refractivity contribution in [3.8, 4) is 16.9 Å². The number of nitrogens with one attached hydrogen (secondary N) is 1. The van der Waals surface area contributed by atoms with E-state index in [9.17, 15) is 9.59 Å². The number of carbonyl (C=O) groups excluding carboxylic acids is 1. The Bertz CT molecular complexity index is 1120. The van der Waals surface area contributed by atoms with Gasteiger partial charge in [0.2, 0.25) is 0 Å². The first-order valence-electron chi connectivity index (χ1n) is 12.1. The summed E-state index contributed by atoms with van der Waals surface area (Å²) >= 11 is 0. The van der Waals surface area contributed by atoms with E-state index < -0.39 is 24.4 Å². The normalized spacial score (nSPS) is 12.2. The molecule has 0 aliphatic carbocycles. The van der Waals surface area contributed by atoms with Crippen LogP contribution in [-0.4, -0.2) is 44.7 Å². The number of unbranched alkanes of at least 4 members (excludes halogenated alkanes) is 2. The average Bonchev–Trinajstić information content (AvgIpc) is 3.36. The van der Waals surface area contributed by atoms with E-state index in [4.69, 9.17) is 12.6 Å². The van der Waals surface area contributed by atoms with Gasteiger partial charge in [0, 0.05) is 41.8 Å². The third-order valence-electron chi connectivity index (χ3n) is 5.12. The number of nitrogens with zero attached hydrogens (tertiary/aromatic N) is 2. The number of benzene rings is 2. The molecule has 0 saturated heterocycles. The summed E-state index contributed by atoms with van der Waals surface area (Å²) in [5.41, 5.74) is 2.44. The van der Waals surface area contributed by atoms with Crippen LogP contribution in [0.25, 0.3) is 11.1 Å². The van der Waals surface area contributed by atoms with Crippen molar-refractivity contribution >= 4 is 11.9 Å². The van der Waals surface area contributed by atoms with Gasteiger partial charge in [-0.1, -0.05) is 30.3 Å². The fraction of sp³-hybridized carbons (Fsp3) is 0.346. The highest BCUT2D eigenvalue weighted by atomic mass is 16.5. The van der Waals surface area contributed by atoms with E-state index in [-0.39, 0.29) is 12.0 Å². The first-order valence-corrected chi connectivity index (χ1v) is 11.1. The van der Waals surface area contributed by atoms with E-state index >= 15 is 0 Å². The molecule has 7 heteroatoms. The molecule has 0 aliphatic rings. The Morgan fingerprint density at radius 2 is 1.85 bits per heavy atom. The molecule has 3 aromatic rings. The fourth-order valence-corrected chi connectivity index (χ4v) is 3.32. The minimum atomic E-state index is -2.13. The first kappa shape index (κ1) is 21.2. The quantitative estimate of drug-likeness (QED) is 0.371. The van der Waals surface area contributed by atoms with Crippen molar-refractivity contribution in [1.29, 1.82) is 0 Å². The zero-order chi connectivity index (χ0) is 25.4. The molecule has 0 saturated carbocycles. The summed E-state index contributed by atoms with van der Waals surface area (Å²) in [6.45, 7) is 1.76.